The van der Waals surface area contributed by atoms with Gasteiger partial charge in [0.25, 0.3) is 0 Å². The second-order valence-electron chi connectivity index (χ2n) is 4.84. The molecule has 1 aromatic carbocycles. The molecule has 96 valence electrons. The molecule has 0 saturated carbocycles. The summed E-state index contributed by atoms with van der Waals surface area (Å²) in [6.45, 7) is 6.39. The van der Waals surface area contributed by atoms with Crippen LogP contribution in [-0.2, 0) is 6.42 Å². The van der Waals surface area contributed by atoms with Gasteiger partial charge in [-0.3, -0.25) is 0 Å². The number of anilines is 1. The van der Waals surface area contributed by atoms with Crippen LogP contribution in [0.15, 0.2) is 18.2 Å². The van der Waals surface area contributed by atoms with Crippen molar-refractivity contribution in [1.29, 1.82) is 0 Å². The number of halogens is 1. The molecule has 0 heterocycles. The highest BCUT2D eigenvalue weighted by Crippen LogP contribution is 2.28. The van der Waals surface area contributed by atoms with E-state index in [9.17, 15) is 0 Å². The van der Waals surface area contributed by atoms with Crippen molar-refractivity contribution in [3.05, 3.63) is 28.8 Å². The lowest BCUT2D eigenvalue weighted by molar-refractivity contribution is 0.663. The zero-order valence-electron chi connectivity index (χ0n) is 11.2. The fraction of sp³-hybridized carbons (Fsp3) is 0.571. The molecule has 1 rings (SSSR count). The van der Waals surface area contributed by atoms with Gasteiger partial charge in [-0.15, -0.1) is 0 Å². The van der Waals surface area contributed by atoms with Gasteiger partial charge in [-0.05, 0) is 44.4 Å². The van der Waals surface area contributed by atoms with Crippen molar-refractivity contribution in [2.75, 3.05) is 11.9 Å². The van der Waals surface area contributed by atoms with Crippen molar-refractivity contribution in [2.45, 2.75) is 45.7 Å². The van der Waals surface area contributed by atoms with Crippen molar-refractivity contribution in [2.24, 2.45) is 5.73 Å². The zero-order valence-corrected chi connectivity index (χ0v) is 12.0. The normalized spacial score (nSPS) is 14.5. The Morgan fingerprint density at radius 1 is 1.35 bits per heavy atom. The molecule has 0 bridgehead atoms. The Morgan fingerprint density at radius 2 is 2.00 bits per heavy atom. The van der Waals surface area contributed by atoms with E-state index in [1.165, 1.54) is 5.56 Å². The molecule has 0 spiro atoms. The van der Waals surface area contributed by atoms with E-state index >= 15 is 0 Å². The van der Waals surface area contributed by atoms with Crippen LogP contribution in [0.5, 0.6) is 0 Å². The maximum absolute atomic E-state index is 6.33. The standard InChI is InChI=1S/C14H23ClN2/c1-5-11(3)17(4)14-7-6-12(8-10(2)16)9-13(14)15/h6-7,9-11H,5,8,16H2,1-4H3. The first-order chi connectivity index (χ1) is 7.95. The van der Waals surface area contributed by atoms with Gasteiger partial charge < -0.3 is 10.6 Å². The molecule has 2 atom stereocenters. The molecule has 2 N–H and O–H groups in total. The summed E-state index contributed by atoms with van der Waals surface area (Å²) >= 11 is 6.33. The van der Waals surface area contributed by atoms with Crippen LogP contribution in [0, 0.1) is 0 Å². The number of rotatable bonds is 5. The van der Waals surface area contributed by atoms with Crippen molar-refractivity contribution in [3.8, 4) is 0 Å². The highest BCUT2D eigenvalue weighted by molar-refractivity contribution is 6.33. The van der Waals surface area contributed by atoms with Crippen LogP contribution in [0.4, 0.5) is 5.69 Å². The summed E-state index contributed by atoms with van der Waals surface area (Å²) in [4.78, 5) is 2.22. The van der Waals surface area contributed by atoms with Gasteiger partial charge in [0, 0.05) is 19.1 Å². The monoisotopic (exact) mass is 254 g/mol. The molecule has 0 aliphatic carbocycles. The number of nitrogens with two attached hydrogens (primary N) is 1. The molecule has 0 aliphatic heterocycles. The molecule has 0 fully saturated rings. The molecule has 2 nitrogen and oxygen atoms in total. The van der Waals surface area contributed by atoms with Crippen molar-refractivity contribution in [1.82, 2.24) is 0 Å². The van der Waals surface area contributed by atoms with E-state index < -0.39 is 0 Å². The van der Waals surface area contributed by atoms with E-state index in [4.69, 9.17) is 17.3 Å². The van der Waals surface area contributed by atoms with Crippen LogP contribution >= 0.6 is 11.6 Å². The predicted molar refractivity (Wildman–Crippen MR) is 77.0 cm³/mol. The molecule has 0 saturated heterocycles. The van der Waals surface area contributed by atoms with Crippen molar-refractivity contribution < 1.29 is 0 Å². The van der Waals surface area contributed by atoms with Crippen LogP contribution in [0.25, 0.3) is 0 Å². The first-order valence-corrected chi connectivity index (χ1v) is 6.60. The summed E-state index contributed by atoms with van der Waals surface area (Å²) in [6.07, 6.45) is 1.97. The average molecular weight is 255 g/mol. The molecular weight excluding hydrogens is 232 g/mol. The van der Waals surface area contributed by atoms with E-state index in [0.29, 0.717) is 6.04 Å². The fourth-order valence-corrected chi connectivity index (χ4v) is 2.18. The van der Waals surface area contributed by atoms with Crippen LogP contribution in [0.1, 0.15) is 32.8 Å². The van der Waals surface area contributed by atoms with Crippen LogP contribution in [0.3, 0.4) is 0 Å². The molecule has 0 radical (unpaired) electrons. The SMILES string of the molecule is CCC(C)N(C)c1ccc(CC(C)N)cc1Cl. The van der Waals surface area contributed by atoms with E-state index in [-0.39, 0.29) is 6.04 Å². The van der Waals surface area contributed by atoms with E-state index in [2.05, 4.69) is 37.9 Å². The Hall–Kier alpha value is -0.730. The molecule has 3 heteroatoms. The summed E-state index contributed by atoms with van der Waals surface area (Å²) in [5, 5.41) is 0.811. The highest BCUT2D eigenvalue weighted by Gasteiger charge is 2.12. The Bertz CT molecular complexity index is 363. The third kappa shape index (κ3) is 3.90. The van der Waals surface area contributed by atoms with Gasteiger partial charge in [-0.1, -0.05) is 24.6 Å². The van der Waals surface area contributed by atoms with E-state index in [1.54, 1.807) is 0 Å². The maximum atomic E-state index is 6.33. The molecule has 0 aliphatic rings. The van der Waals surface area contributed by atoms with Gasteiger partial charge >= 0.3 is 0 Å². The van der Waals surface area contributed by atoms with E-state index in [1.807, 2.05) is 13.0 Å². The summed E-state index contributed by atoms with van der Waals surface area (Å²) < 4.78 is 0. The molecule has 0 aromatic heterocycles. The Labute approximate surface area is 110 Å². The van der Waals surface area contributed by atoms with Crippen LogP contribution in [-0.4, -0.2) is 19.1 Å². The predicted octanol–water partition coefficient (Wildman–Crippen LogP) is 3.46. The minimum atomic E-state index is 0.171. The Balaban J connectivity index is 2.89. The molecule has 2 unspecified atom stereocenters. The third-order valence-corrected chi connectivity index (χ3v) is 3.50. The first kappa shape index (κ1) is 14.3. The number of nitrogens with zero attached hydrogens (tertiary/aromatic N) is 1. The highest BCUT2D eigenvalue weighted by atomic mass is 35.5. The average Bonchev–Trinajstić information content (AvgIpc) is 2.26. The maximum Gasteiger partial charge on any atom is 0.0642 e. The van der Waals surface area contributed by atoms with E-state index in [0.717, 1.165) is 23.6 Å². The lowest BCUT2D eigenvalue weighted by atomic mass is 10.1. The minimum absolute atomic E-state index is 0.171. The van der Waals surface area contributed by atoms with Gasteiger partial charge in [0.15, 0.2) is 0 Å². The van der Waals surface area contributed by atoms with Gasteiger partial charge in [-0.25, -0.2) is 0 Å². The van der Waals surface area contributed by atoms with Crippen molar-refractivity contribution in [3.63, 3.8) is 0 Å². The number of hydrogen-bond acceptors (Lipinski definition) is 2. The first-order valence-electron chi connectivity index (χ1n) is 6.22. The summed E-state index contributed by atoms with van der Waals surface area (Å²) in [5.41, 5.74) is 8.08. The lowest BCUT2D eigenvalue weighted by Gasteiger charge is -2.27. The molecule has 17 heavy (non-hydrogen) atoms. The van der Waals surface area contributed by atoms with Gasteiger partial charge in [0.05, 0.1) is 10.7 Å². The third-order valence-electron chi connectivity index (χ3n) is 3.20. The quantitative estimate of drug-likeness (QED) is 0.872. The van der Waals surface area contributed by atoms with Crippen molar-refractivity contribution >= 4 is 17.3 Å². The second-order valence-corrected chi connectivity index (χ2v) is 5.24. The van der Waals surface area contributed by atoms with Crippen LogP contribution in [0.2, 0.25) is 5.02 Å². The molecule has 1 aromatic rings. The Morgan fingerprint density at radius 3 is 2.47 bits per heavy atom. The van der Waals surface area contributed by atoms with Gasteiger partial charge in [0.2, 0.25) is 0 Å². The van der Waals surface area contributed by atoms with Gasteiger partial charge in [-0.2, -0.15) is 0 Å². The number of hydrogen-bond donors (Lipinski definition) is 1. The lowest BCUT2D eigenvalue weighted by Crippen LogP contribution is -2.28. The zero-order chi connectivity index (χ0) is 13.0. The molecular formula is C14H23ClN2. The molecule has 0 amide bonds. The second kappa shape index (κ2) is 6.27. The largest absolute Gasteiger partial charge is 0.371 e. The summed E-state index contributed by atoms with van der Waals surface area (Å²) in [5.74, 6) is 0. The fourth-order valence-electron chi connectivity index (χ4n) is 1.85. The Kier molecular flexibility index (Phi) is 5.29. The topological polar surface area (TPSA) is 29.3 Å². The smallest absolute Gasteiger partial charge is 0.0642 e. The summed E-state index contributed by atoms with van der Waals surface area (Å²) in [7, 11) is 2.08. The van der Waals surface area contributed by atoms with Crippen LogP contribution < -0.4 is 10.6 Å². The number of benzene rings is 1. The van der Waals surface area contributed by atoms with Gasteiger partial charge in [0.1, 0.15) is 0 Å². The minimum Gasteiger partial charge on any atom is -0.371 e. The summed E-state index contributed by atoms with van der Waals surface area (Å²) in [6, 6.07) is 6.89.